The molecule has 1 fully saturated rings. The molecule has 2 aliphatic rings. The van der Waals surface area contributed by atoms with Gasteiger partial charge in [0.1, 0.15) is 5.75 Å². The van der Waals surface area contributed by atoms with Crippen LogP contribution < -0.4 is 19.4 Å². The number of carbonyl (C=O) groups is 2. The third kappa shape index (κ3) is 6.78. The van der Waals surface area contributed by atoms with Crippen LogP contribution in [0.25, 0.3) is 0 Å². The molecule has 216 valence electrons. The Balaban J connectivity index is 1.51. The molecule has 1 saturated heterocycles. The number of carbonyl (C=O) groups excluding carboxylic acids is 2. The lowest BCUT2D eigenvalue weighted by molar-refractivity contribution is -0.116. The van der Waals surface area contributed by atoms with Gasteiger partial charge in [-0.15, -0.1) is 0 Å². The lowest BCUT2D eigenvalue weighted by Crippen LogP contribution is -2.39. The number of benzene rings is 2. The van der Waals surface area contributed by atoms with Crippen LogP contribution in [-0.4, -0.2) is 72.6 Å². The minimum atomic E-state index is -0.0522. The van der Waals surface area contributed by atoms with Crippen molar-refractivity contribution in [3.8, 4) is 5.75 Å². The van der Waals surface area contributed by atoms with Crippen LogP contribution in [0.1, 0.15) is 55.5 Å². The van der Waals surface area contributed by atoms with Gasteiger partial charge >= 0.3 is 0 Å². The van der Waals surface area contributed by atoms with Gasteiger partial charge in [-0.2, -0.15) is 0 Å². The maximum absolute atomic E-state index is 14.3. The summed E-state index contributed by atoms with van der Waals surface area (Å²) in [6.07, 6.45) is 7.71. The van der Waals surface area contributed by atoms with Gasteiger partial charge in [0.2, 0.25) is 11.9 Å². The number of piperidine rings is 1. The standard InChI is InChI=1S/C32H40N6O3/c1-3-41-30-14-13-26(23-29(30)35-17-7-4-8-18-35)31(40)37-22-21-36(32-33-15-9-16-34-32)19-10-20-38(25(2)39)28-12-6-5-11-27(28)24-37/h5-6,9,11-16,23H,3-4,7-8,10,17-22,24H2,1-2H3. The lowest BCUT2D eigenvalue weighted by atomic mass is 10.1. The van der Waals surface area contributed by atoms with Crippen molar-refractivity contribution < 1.29 is 14.3 Å². The zero-order valence-corrected chi connectivity index (χ0v) is 24.2. The van der Waals surface area contributed by atoms with E-state index in [4.69, 9.17) is 4.74 Å². The van der Waals surface area contributed by atoms with Gasteiger partial charge in [0, 0.05) is 76.4 Å². The molecule has 0 N–H and O–H groups in total. The fraction of sp³-hybridized carbons (Fsp3) is 0.438. The smallest absolute Gasteiger partial charge is 0.254 e. The van der Waals surface area contributed by atoms with Crippen LogP contribution in [0, 0.1) is 0 Å². The highest BCUT2D eigenvalue weighted by molar-refractivity contribution is 5.96. The summed E-state index contributed by atoms with van der Waals surface area (Å²) in [7, 11) is 0. The minimum absolute atomic E-state index is 0.0187. The van der Waals surface area contributed by atoms with Gasteiger partial charge in [-0.05, 0) is 68.5 Å². The summed E-state index contributed by atoms with van der Waals surface area (Å²) in [4.78, 5) is 44.1. The highest BCUT2D eigenvalue weighted by atomic mass is 16.5. The first-order valence-corrected chi connectivity index (χ1v) is 14.7. The Hall–Kier alpha value is -4.14. The van der Waals surface area contributed by atoms with Crippen LogP contribution in [0.15, 0.2) is 60.9 Å². The summed E-state index contributed by atoms with van der Waals surface area (Å²) in [6.45, 7) is 8.75. The Kier molecular flexibility index (Phi) is 9.33. The average molecular weight is 557 g/mol. The number of ether oxygens (including phenoxy) is 1. The van der Waals surface area contributed by atoms with Crippen molar-refractivity contribution in [3.63, 3.8) is 0 Å². The van der Waals surface area contributed by atoms with E-state index in [1.54, 1.807) is 25.4 Å². The minimum Gasteiger partial charge on any atom is -0.492 e. The number of anilines is 3. The van der Waals surface area contributed by atoms with Crippen molar-refractivity contribution in [1.29, 1.82) is 0 Å². The highest BCUT2D eigenvalue weighted by Crippen LogP contribution is 2.33. The summed E-state index contributed by atoms with van der Waals surface area (Å²) in [6, 6.07) is 15.5. The number of aromatic nitrogens is 2. The van der Waals surface area contributed by atoms with E-state index in [2.05, 4.69) is 19.8 Å². The van der Waals surface area contributed by atoms with Crippen LogP contribution in [-0.2, 0) is 11.3 Å². The molecule has 5 rings (SSSR count). The van der Waals surface area contributed by atoms with Crippen molar-refractivity contribution >= 4 is 29.1 Å². The molecule has 2 aliphatic heterocycles. The molecule has 0 radical (unpaired) electrons. The first-order valence-electron chi connectivity index (χ1n) is 14.7. The normalized spacial score (nSPS) is 16.5. The van der Waals surface area contributed by atoms with Crippen LogP contribution in [0.4, 0.5) is 17.3 Å². The first kappa shape index (κ1) is 28.4. The second-order valence-electron chi connectivity index (χ2n) is 10.6. The molecule has 2 amide bonds. The van der Waals surface area contributed by atoms with Crippen molar-refractivity contribution in [2.75, 3.05) is 60.6 Å². The SMILES string of the molecule is CCOc1ccc(C(=O)N2CCN(c3ncccn3)CCCN(C(C)=O)c3ccccc3C2)cc1N1CCCCC1. The number of hydrogen-bond donors (Lipinski definition) is 0. The van der Waals surface area contributed by atoms with E-state index < -0.39 is 0 Å². The number of hydrogen-bond acceptors (Lipinski definition) is 7. The van der Waals surface area contributed by atoms with E-state index in [-0.39, 0.29) is 11.8 Å². The summed E-state index contributed by atoms with van der Waals surface area (Å²) in [5, 5.41) is 0. The van der Waals surface area contributed by atoms with Crippen LogP contribution in [0.3, 0.4) is 0 Å². The molecule has 0 saturated carbocycles. The summed E-state index contributed by atoms with van der Waals surface area (Å²) < 4.78 is 5.97. The topological polar surface area (TPSA) is 82.1 Å². The van der Waals surface area contributed by atoms with Crippen molar-refractivity contribution in [2.45, 2.75) is 46.1 Å². The van der Waals surface area contributed by atoms with E-state index in [9.17, 15) is 9.59 Å². The van der Waals surface area contributed by atoms with Gasteiger partial charge in [-0.3, -0.25) is 9.59 Å². The number of nitrogens with zero attached hydrogens (tertiary/aromatic N) is 6. The van der Waals surface area contributed by atoms with Gasteiger partial charge in [0.05, 0.1) is 12.3 Å². The second-order valence-corrected chi connectivity index (χ2v) is 10.6. The number of rotatable bonds is 5. The molecule has 9 heteroatoms. The van der Waals surface area contributed by atoms with Crippen molar-refractivity contribution in [2.24, 2.45) is 0 Å². The van der Waals surface area contributed by atoms with Gasteiger partial charge in [0.25, 0.3) is 5.91 Å². The molecule has 3 heterocycles. The molecule has 0 atom stereocenters. The molecule has 0 unspecified atom stereocenters. The Morgan fingerprint density at radius 3 is 2.32 bits per heavy atom. The van der Waals surface area contributed by atoms with E-state index in [0.29, 0.717) is 50.8 Å². The quantitative estimate of drug-likeness (QED) is 0.448. The van der Waals surface area contributed by atoms with Gasteiger partial charge in [-0.25, -0.2) is 9.97 Å². The molecule has 2 aromatic carbocycles. The third-order valence-electron chi connectivity index (χ3n) is 7.80. The first-order chi connectivity index (χ1) is 20.0. The van der Waals surface area contributed by atoms with E-state index in [1.807, 2.05) is 59.2 Å². The molecular formula is C32H40N6O3. The van der Waals surface area contributed by atoms with E-state index in [0.717, 1.165) is 55.0 Å². The fourth-order valence-corrected chi connectivity index (χ4v) is 5.73. The molecule has 41 heavy (non-hydrogen) atoms. The number of amides is 2. The number of fused-ring (bicyclic) bond motifs is 1. The van der Waals surface area contributed by atoms with Gasteiger partial charge in [0.15, 0.2) is 0 Å². The Bertz CT molecular complexity index is 1330. The Morgan fingerprint density at radius 2 is 1.56 bits per heavy atom. The third-order valence-corrected chi connectivity index (χ3v) is 7.80. The molecule has 9 nitrogen and oxygen atoms in total. The average Bonchev–Trinajstić information content (AvgIpc) is 3.04. The largest absolute Gasteiger partial charge is 0.492 e. The van der Waals surface area contributed by atoms with Gasteiger partial charge in [-0.1, -0.05) is 18.2 Å². The zero-order valence-electron chi connectivity index (χ0n) is 24.2. The predicted octanol–water partition coefficient (Wildman–Crippen LogP) is 4.77. The Morgan fingerprint density at radius 1 is 0.805 bits per heavy atom. The highest BCUT2D eigenvalue weighted by Gasteiger charge is 2.25. The maximum atomic E-state index is 14.3. The fourth-order valence-electron chi connectivity index (χ4n) is 5.73. The molecule has 0 bridgehead atoms. The monoisotopic (exact) mass is 556 g/mol. The van der Waals surface area contributed by atoms with Crippen LogP contribution in [0.5, 0.6) is 5.75 Å². The van der Waals surface area contributed by atoms with E-state index >= 15 is 0 Å². The molecule has 0 spiro atoms. The molecule has 0 aliphatic carbocycles. The molecule has 1 aromatic heterocycles. The van der Waals surface area contributed by atoms with Crippen LogP contribution >= 0.6 is 0 Å². The summed E-state index contributed by atoms with van der Waals surface area (Å²) in [5.74, 6) is 1.37. The Labute approximate surface area is 242 Å². The predicted molar refractivity (Wildman–Crippen MR) is 162 cm³/mol. The molecule has 3 aromatic rings. The molecular weight excluding hydrogens is 516 g/mol. The van der Waals surface area contributed by atoms with Crippen LogP contribution in [0.2, 0.25) is 0 Å². The summed E-state index contributed by atoms with van der Waals surface area (Å²) >= 11 is 0. The van der Waals surface area contributed by atoms with Crippen molar-refractivity contribution in [1.82, 2.24) is 14.9 Å². The summed E-state index contributed by atoms with van der Waals surface area (Å²) in [5.41, 5.74) is 3.41. The van der Waals surface area contributed by atoms with Gasteiger partial charge < -0.3 is 24.3 Å². The number of para-hydroxylation sites is 1. The maximum Gasteiger partial charge on any atom is 0.254 e. The zero-order chi connectivity index (χ0) is 28.6. The second kappa shape index (κ2) is 13.5. The van der Waals surface area contributed by atoms with E-state index in [1.165, 1.54) is 6.42 Å². The van der Waals surface area contributed by atoms with Crippen molar-refractivity contribution in [3.05, 3.63) is 72.1 Å². The lowest BCUT2D eigenvalue weighted by Gasteiger charge is -2.31.